The molecule has 68 valence electrons. The molecule has 0 saturated heterocycles. The lowest BCUT2D eigenvalue weighted by Gasteiger charge is -1.99. The molecule has 0 aliphatic heterocycles. The van der Waals surface area contributed by atoms with Gasteiger partial charge in [-0.2, -0.15) is 0 Å². The zero-order valence-electron chi connectivity index (χ0n) is 7.94. The first-order valence-electron chi connectivity index (χ1n) is 5.07. The normalized spacial score (nSPS) is 16.2. The molecule has 0 aromatic rings. The van der Waals surface area contributed by atoms with Crippen LogP contribution in [0.5, 0.6) is 0 Å². The van der Waals surface area contributed by atoms with Crippen molar-refractivity contribution in [3.8, 4) is 0 Å². The molecule has 0 unspecified atom stereocenters. The fourth-order valence-electron chi connectivity index (χ4n) is 1.62. The number of hydrogen-bond acceptors (Lipinski definition) is 1. The van der Waals surface area contributed by atoms with Crippen LogP contribution in [0.3, 0.4) is 0 Å². The number of allylic oxidation sites excluding steroid dienone is 2. The van der Waals surface area contributed by atoms with Crippen molar-refractivity contribution in [3.05, 3.63) is 11.6 Å². The molecule has 0 atom stereocenters. The van der Waals surface area contributed by atoms with E-state index < -0.39 is 0 Å². The van der Waals surface area contributed by atoms with Gasteiger partial charge in [0.25, 0.3) is 0 Å². The first kappa shape index (κ1) is 9.50. The monoisotopic (exact) mass is 166 g/mol. The lowest BCUT2D eigenvalue weighted by Crippen LogP contribution is -1.99. The van der Waals surface area contributed by atoms with Crippen LogP contribution in [0.15, 0.2) is 11.6 Å². The Kier molecular flexibility index (Phi) is 4.06. The van der Waals surface area contributed by atoms with E-state index in [1.165, 1.54) is 19.3 Å². The van der Waals surface area contributed by atoms with E-state index in [0.29, 0.717) is 5.78 Å². The molecule has 0 spiro atoms. The van der Waals surface area contributed by atoms with E-state index in [1.807, 2.05) is 0 Å². The average molecular weight is 166 g/mol. The van der Waals surface area contributed by atoms with E-state index in [-0.39, 0.29) is 0 Å². The summed E-state index contributed by atoms with van der Waals surface area (Å²) < 4.78 is 0. The number of unbranched alkanes of at least 4 members (excludes halogenated alkanes) is 2. The van der Waals surface area contributed by atoms with Crippen molar-refractivity contribution >= 4 is 5.78 Å². The van der Waals surface area contributed by atoms with Gasteiger partial charge >= 0.3 is 0 Å². The molecule has 0 radical (unpaired) electrons. The Hall–Kier alpha value is -0.590. The lowest BCUT2D eigenvalue weighted by molar-refractivity contribution is -0.115. The molecule has 1 rings (SSSR count). The van der Waals surface area contributed by atoms with Crippen molar-refractivity contribution in [2.45, 2.75) is 51.9 Å². The molecule has 0 amide bonds. The fourth-order valence-corrected chi connectivity index (χ4v) is 1.62. The van der Waals surface area contributed by atoms with Gasteiger partial charge in [0.1, 0.15) is 0 Å². The van der Waals surface area contributed by atoms with Gasteiger partial charge in [0.05, 0.1) is 0 Å². The standard InChI is InChI=1S/C11H18O/c1-2-3-4-9-11(12)10-7-5-6-8-10/h7H,2-6,8-9H2,1H3. The number of hydrogen-bond donors (Lipinski definition) is 0. The predicted molar refractivity (Wildman–Crippen MR) is 51.1 cm³/mol. The zero-order valence-corrected chi connectivity index (χ0v) is 7.94. The summed E-state index contributed by atoms with van der Waals surface area (Å²) in [6.45, 7) is 2.17. The van der Waals surface area contributed by atoms with Crippen molar-refractivity contribution in [2.24, 2.45) is 0 Å². The first-order chi connectivity index (χ1) is 5.84. The number of rotatable bonds is 5. The molecule has 0 bridgehead atoms. The van der Waals surface area contributed by atoms with Gasteiger partial charge in [-0.3, -0.25) is 4.79 Å². The van der Waals surface area contributed by atoms with Gasteiger partial charge in [-0.15, -0.1) is 0 Å². The van der Waals surface area contributed by atoms with Gasteiger partial charge in [-0.25, -0.2) is 0 Å². The summed E-state index contributed by atoms with van der Waals surface area (Å²) in [5, 5.41) is 0. The summed E-state index contributed by atoms with van der Waals surface area (Å²) in [7, 11) is 0. The minimum Gasteiger partial charge on any atom is -0.295 e. The highest BCUT2D eigenvalue weighted by atomic mass is 16.1. The van der Waals surface area contributed by atoms with Crippen LogP contribution in [0, 0.1) is 0 Å². The second-order valence-electron chi connectivity index (χ2n) is 3.50. The molecular formula is C11H18O. The molecule has 1 heteroatoms. The summed E-state index contributed by atoms with van der Waals surface area (Å²) >= 11 is 0. The second-order valence-corrected chi connectivity index (χ2v) is 3.50. The molecule has 1 aliphatic carbocycles. The van der Waals surface area contributed by atoms with E-state index in [9.17, 15) is 4.79 Å². The van der Waals surface area contributed by atoms with Crippen LogP contribution in [0.2, 0.25) is 0 Å². The van der Waals surface area contributed by atoms with E-state index in [4.69, 9.17) is 0 Å². The quantitative estimate of drug-likeness (QED) is 0.573. The molecule has 12 heavy (non-hydrogen) atoms. The molecule has 0 aromatic carbocycles. The zero-order chi connectivity index (χ0) is 8.81. The van der Waals surface area contributed by atoms with Crippen LogP contribution in [0.1, 0.15) is 51.9 Å². The maximum atomic E-state index is 11.5. The smallest absolute Gasteiger partial charge is 0.158 e. The predicted octanol–water partition coefficient (Wildman–Crippen LogP) is 3.25. The van der Waals surface area contributed by atoms with Crippen molar-refractivity contribution in [3.63, 3.8) is 0 Å². The van der Waals surface area contributed by atoms with Gasteiger partial charge in [0.2, 0.25) is 0 Å². The molecule has 0 N–H and O–H groups in total. The van der Waals surface area contributed by atoms with Crippen LogP contribution >= 0.6 is 0 Å². The van der Waals surface area contributed by atoms with E-state index >= 15 is 0 Å². The van der Waals surface area contributed by atoms with Crippen molar-refractivity contribution < 1.29 is 4.79 Å². The van der Waals surface area contributed by atoms with Crippen LogP contribution in [0.25, 0.3) is 0 Å². The van der Waals surface area contributed by atoms with Gasteiger partial charge in [0, 0.05) is 6.42 Å². The summed E-state index contributed by atoms with van der Waals surface area (Å²) in [6.07, 6.45) is 9.71. The second kappa shape index (κ2) is 5.13. The maximum absolute atomic E-state index is 11.5. The third-order valence-electron chi connectivity index (χ3n) is 2.41. The highest BCUT2D eigenvalue weighted by Crippen LogP contribution is 2.20. The number of ketones is 1. The minimum absolute atomic E-state index is 0.404. The van der Waals surface area contributed by atoms with Crippen molar-refractivity contribution in [1.29, 1.82) is 0 Å². The summed E-state index contributed by atoms with van der Waals surface area (Å²) in [4.78, 5) is 11.5. The Morgan fingerprint density at radius 2 is 2.33 bits per heavy atom. The Labute approximate surface area is 74.9 Å². The molecule has 0 heterocycles. The van der Waals surface area contributed by atoms with Gasteiger partial charge in [0.15, 0.2) is 5.78 Å². The minimum atomic E-state index is 0.404. The summed E-state index contributed by atoms with van der Waals surface area (Å²) in [6, 6.07) is 0. The molecule has 1 aliphatic rings. The number of Topliss-reactive ketones (excluding diaryl/α,β-unsaturated/α-hetero) is 1. The van der Waals surface area contributed by atoms with Crippen LogP contribution in [-0.2, 0) is 4.79 Å². The molecule has 0 saturated carbocycles. The highest BCUT2D eigenvalue weighted by Gasteiger charge is 2.11. The number of carbonyl (C=O) groups is 1. The molecule has 1 nitrogen and oxygen atoms in total. The maximum Gasteiger partial charge on any atom is 0.158 e. The van der Waals surface area contributed by atoms with Crippen molar-refractivity contribution in [2.75, 3.05) is 0 Å². The SMILES string of the molecule is CCCCCC(=O)C1=CCCC1. The molecule has 0 aromatic heterocycles. The Morgan fingerprint density at radius 1 is 1.50 bits per heavy atom. The van der Waals surface area contributed by atoms with E-state index in [0.717, 1.165) is 31.3 Å². The highest BCUT2D eigenvalue weighted by molar-refractivity contribution is 5.95. The van der Waals surface area contributed by atoms with Crippen molar-refractivity contribution in [1.82, 2.24) is 0 Å². The first-order valence-corrected chi connectivity index (χ1v) is 5.07. The van der Waals surface area contributed by atoms with Gasteiger partial charge in [-0.1, -0.05) is 25.8 Å². The Balaban J connectivity index is 2.19. The van der Waals surface area contributed by atoms with E-state index in [1.54, 1.807) is 0 Å². The molecular weight excluding hydrogens is 148 g/mol. The average Bonchev–Trinajstić information content (AvgIpc) is 2.56. The van der Waals surface area contributed by atoms with E-state index in [2.05, 4.69) is 13.0 Å². The van der Waals surface area contributed by atoms with Crippen LogP contribution < -0.4 is 0 Å². The van der Waals surface area contributed by atoms with Crippen LogP contribution in [-0.4, -0.2) is 5.78 Å². The Morgan fingerprint density at radius 3 is 2.92 bits per heavy atom. The summed E-state index contributed by atoms with van der Waals surface area (Å²) in [5.74, 6) is 0.404. The third kappa shape index (κ3) is 2.80. The Bertz CT molecular complexity index is 179. The summed E-state index contributed by atoms with van der Waals surface area (Å²) in [5.41, 5.74) is 1.10. The number of carbonyl (C=O) groups excluding carboxylic acids is 1. The molecule has 0 fully saturated rings. The topological polar surface area (TPSA) is 17.1 Å². The third-order valence-corrected chi connectivity index (χ3v) is 2.41. The fraction of sp³-hybridized carbons (Fsp3) is 0.727. The van der Waals surface area contributed by atoms with Gasteiger partial charge < -0.3 is 0 Å². The van der Waals surface area contributed by atoms with Crippen LogP contribution in [0.4, 0.5) is 0 Å². The largest absolute Gasteiger partial charge is 0.295 e. The lowest BCUT2D eigenvalue weighted by atomic mass is 10.0. The van der Waals surface area contributed by atoms with Gasteiger partial charge in [-0.05, 0) is 31.3 Å².